The van der Waals surface area contributed by atoms with Crippen molar-refractivity contribution in [2.45, 2.75) is 51.6 Å². The molecule has 0 spiro atoms. The maximum atomic E-state index is 9.83. The molecule has 2 fully saturated rings. The van der Waals surface area contributed by atoms with Crippen LogP contribution in [0.4, 0.5) is 0 Å². The molecule has 1 aliphatic heterocycles. The molecule has 2 unspecified atom stereocenters. The molecular weight excluding hydrogens is 224 g/mol. The average Bonchev–Trinajstić information content (AvgIpc) is 2.35. The van der Waals surface area contributed by atoms with E-state index in [-0.39, 0.29) is 6.10 Å². The first kappa shape index (κ1) is 14.3. The standard InChI is InChI=1S/C15H30N2O/c1-13-10-17(9-6-14(13)18)12-15(11-16-2)7-4-3-5-8-15/h13-14,16,18H,3-12H2,1-2H3. The SMILES string of the molecule is CNCC1(CN2CCC(O)C(C)C2)CCCCC1. The molecule has 0 amide bonds. The van der Waals surface area contributed by atoms with Gasteiger partial charge in [0.05, 0.1) is 6.10 Å². The van der Waals surface area contributed by atoms with E-state index >= 15 is 0 Å². The van der Waals surface area contributed by atoms with E-state index in [0.717, 1.165) is 26.1 Å². The molecule has 0 aromatic rings. The van der Waals surface area contributed by atoms with Crippen LogP contribution >= 0.6 is 0 Å². The molecule has 0 aromatic carbocycles. The van der Waals surface area contributed by atoms with E-state index < -0.39 is 0 Å². The van der Waals surface area contributed by atoms with E-state index in [2.05, 4.69) is 24.2 Å². The zero-order chi connectivity index (χ0) is 13.0. The van der Waals surface area contributed by atoms with Gasteiger partial charge in [0.15, 0.2) is 0 Å². The van der Waals surface area contributed by atoms with Gasteiger partial charge in [-0.1, -0.05) is 26.2 Å². The Morgan fingerprint density at radius 1 is 1.28 bits per heavy atom. The lowest BCUT2D eigenvalue weighted by molar-refractivity contribution is 0.00881. The van der Waals surface area contributed by atoms with Crippen molar-refractivity contribution in [3.63, 3.8) is 0 Å². The quantitative estimate of drug-likeness (QED) is 0.804. The number of hydrogen-bond acceptors (Lipinski definition) is 3. The van der Waals surface area contributed by atoms with Crippen LogP contribution in [0.15, 0.2) is 0 Å². The van der Waals surface area contributed by atoms with Crippen molar-refractivity contribution in [3.05, 3.63) is 0 Å². The normalized spacial score (nSPS) is 33.5. The minimum absolute atomic E-state index is 0.0761. The molecule has 0 bridgehead atoms. The summed E-state index contributed by atoms with van der Waals surface area (Å²) in [6, 6.07) is 0. The fourth-order valence-corrected chi connectivity index (χ4v) is 3.91. The largest absolute Gasteiger partial charge is 0.393 e. The molecule has 1 saturated carbocycles. The molecule has 0 radical (unpaired) electrons. The second kappa shape index (κ2) is 6.36. The average molecular weight is 254 g/mol. The van der Waals surface area contributed by atoms with E-state index in [4.69, 9.17) is 0 Å². The van der Waals surface area contributed by atoms with Crippen LogP contribution in [-0.2, 0) is 0 Å². The minimum atomic E-state index is -0.0761. The lowest BCUT2D eigenvalue weighted by atomic mass is 9.73. The predicted molar refractivity (Wildman–Crippen MR) is 75.7 cm³/mol. The molecule has 2 aliphatic rings. The second-order valence-electron chi connectivity index (χ2n) is 6.66. The Labute approximate surface area is 112 Å². The molecule has 0 aromatic heterocycles. The number of rotatable bonds is 4. The molecule has 1 saturated heterocycles. The van der Waals surface area contributed by atoms with Gasteiger partial charge in [0, 0.05) is 26.2 Å². The van der Waals surface area contributed by atoms with Crippen molar-refractivity contribution < 1.29 is 5.11 Å². The summed E-state index contributed by atoms with van der Waals surface area (Å²) < 4.78 is 0. The summed E-state index contributed by atoms with van der Waals surface area (Å²) in [4.78, 5) is 2.60. The zero-order valence-corrected chi connectivity index (χ0v) is 12.1. The van der Waals surface area contributed by atoms with E-state index in [1.54, 1.807) is 0 Å². The highest BCUT2D eigenvalue weighted by Gasteiger charge is 2.35. The van der Waals surface area contributed by atoms with Gasteiger partial charge in [-0.05, 0) is 37.6 Å². The second-order valence-corrected chi connectivity index (χ2v) is 6.66. The van der Waals surface area contributed by atoms with Crippen molar-refractivity contribution in [2.75, 3.05) is 33.2 Å². The predicted octanol–water partition coefficient (Wildman–Crippen LogP) is 1.86. The van der Waals surface area contributed by atoms with Crippen LogP contribution in [0.1, 0.15) is 45.4 Å². The van der Waals surface area contributed by atoms with Crippen molar-refractivity contribution >= 4 is 0 Å². The molecule has 2 N–H and O–H groups in total. The van der Waals surface area contributed by atoms with Crippen molar-refractivity contribution in [1.82, 2.24) is 10.2 Å². The number of piperidine rings is 1. The lowest BCUT2D eigenvalue weighted by Crippen LogP contribution is -2.50. The van der Waals surface area contributed by atoms with Crippen molar-refractivity contribution in [3.8, 4) is 0 Å². The third kappa shape index (κ3) is 3.46. The van der Waals surface area contributed by atoms with Gasteiger partial charge < -0.3 is 15.3 Å². The summed E-state index contributed by atoms with van der Waals surface area (Å²) in [5, 5.41) is 13.2. The van der Waals surface area contributed by atoms with Gasteiger partial charge >= 0.3 is 0 Å². The topological polar surface area (TPSA) is 35.5 Å². The first-order chi connectivity index (χ1) is 8.65. The van der Waals surface area contributed by atoms with Crippen molar-refractivity contribution in [1.29, 1.82) is 0 Å². The van der Waals surface area contributed by atoms with Gasteiger partial charge in [0.25, 0.3) is 0 Å². The number of likely N-dealkylation sites (tertiary alicyclic amines) is 1. The van der Waals surface area contributed by atoms with E-state index in [0.29, 0.717) is 11.3 Å². The van der Waals surface area contributed by atoms with E-state index in [1.807, 2.05) is 0 Å². The number of aliphatic hydroxyl groups excluding tert-OH is 1. The first-order valence-corrected chi connectivity index (χ1v) is 7.70. The number of hydrogen-bond donors (Lipinski definition) is 2. The smallest absolute Gasteiger partial charge is 0.0590 e. The van der Waals surface area contributed by atoms with E-state index in [9.17, 15) is 5.11 Å². The molecule has 106 valence electrons. The van der Waals surface area contributed by atoms with Gasteiger partial charge in [-0.2, -0.15) is 0 Å². The van der Waals surface area contributed by atoms with Crippen LogP contribution in [0, 0.1) is 11.3 Å². The van der Waals surface area contributed by atoms with Crippen LogP contribution < -0.4 is 5.32 Å². The molecule has 3 heteroatoms. The third-order valence-electron chi connectivity index (χ3n) is 4.97. The Bertz CT molecular complexity index is 245. The summed E-state index contributed by atoms with van der Waals surface area (Å²) in [6.45, 7) is 6.72. The van der Waals surface area contributed by atoms with Crippen LogP contribution in [0.25, 0.3) is 0 Å². The Kier molecular flexibility index (Phi) is 5.05. The zero-order valence-electron chi connectivity index (χ0n) is 12.1. The highest BCUT2D eigenvalue weighted by Crippen LogP contribution is 2.37. The molecule has 2 rings (SSSR count). The summed E-state index contributed by atoms with van der Waals surface area (Å²) in [6.07, 6.45) is 7.84. The third-order valence-corrected chi connectivity index (χ3v) is 4.97. The molecule has 2 atom stereocenters. The lowest BCUT2D eigenvalue weighted by Gasteiger charge is -2.44. The maximum Gasteiger partial charge on any atom is 0.0590 e. The number of nitrogens with zero attached hydrogens (tertiary/aromatic N) is 1. The molecule has 1 heterocycles. The Balaban J connectivity index is 1.92. The number of aliphatic hydroxyl groups is 1. The Morgan fingerprint density at radius 3 is 2.61 bits per heavy atom. The van der Waals surface area contributed by atoms with Crippen LogP contribution in [0.2, 0.25) is 0 Å². The maximum absolute atomic E-state index is 9.83. The van der Waals surface area contributed by atoms with Crippen LogP contribution in [0.3, 0.4) is 0 Å². The first-order valence-electron chi connectivity index (χ1n) is 7.70. The fourth-order valence-electron chi connectivity index (χ4n) is 3.91. The molecule has 3 nitrogen and oxygen atoms in total. The van der Waals surface area contributed by atoms with Gasteiger partial charge in [-0.15, -0.1) is 0 Å². The minimum Gasteiger partial charge on any atom is -0.393 e. The highest BCUT2D eigenvalue weighted by molar-refractivity contribution is 4.89. The fraction of sp³-hybridized carbons (Fsp3) is 1.00. The van der Waals surface area contributed by atoms with Gasteiger partial charge in [0.1, 0.15) is 0 Å². The van der Waals surface area contributed by atoms with Gasteiger partial charge in [-0.3, -0.25) is 0 Å². The summed E-state index contributed by atoms with van der Waals surface area (Å²) in [5.74, 6) is 0.439. The Morgan fingerprint density at radius 2 is 2.00 bits per heavy atom. The van der Waals surface area contributed by atoms with E-state index in [1.165, 1.54) is 38.6 Å². The highest BCUT2D eigenvalue weighted by atomic mass is 16.3. The monoisotopic (exact) mass is 254 g/mol. The summed E-state index contributed by atoms with van der Waals surface area (Å²) >= 11 is 0. The van der Waals surface area contributed by atoms with Crippen LogP contribution in [0.5, 0.6) is 0 Å². The summed E-state index contributed by atoms with van der Waals surface area (Å²) in [7, 11) is 2.08. The molecular formula is C15H30N2O. The number of nitrogens with one attached hydrogen (secondary N) is 1. The Hall–Kier alpha value is -0.120. The molecule has 1 aliphatic carbocycles. The van der Waals surface area contributed by atoms with Crippen molar-refractivity contribution in [2.24, 2.45) is 11.3 Å². The molecule has 18 heavy (non-hydrogen) atoms. The summed E-state index contributed by atoms with van der Waals surface area (Å²) in [5.41, 5.74) is 0.495. The van der Waals surface area contributed by atoms with Gasteiger partial charge in [0.2, 0.25) is 0 Å². The van der Waals surface area contributed by atoms with Gasteiger partial charge in [-0.25, -0.2) is 0 Å². The van der Waals surface area contributed by atoms with Crippen LogP contribution in [-0.4, -0.2) is 49.3 Å².